The molecule has 174 valence electrons. The third kappa shape index (κ3) is 16.9. The average molecular weight is 465 g/mol. The minimum absolute atomic E-state index is 0.228. The van der Waals surface area contributed by atoms with Crippen molar-refractivity contribution in [1.29, 1.82) is 0 Å². The summed E-state index contributed by atoms with van der Waals surface area (Å²) in [5.41, 5.74) is 0.917. The van der Waals surface area contributed by atoms with Gasteiger partial charge in [-0.25, -0.2) is 0 Å². The fraction of sp³-hybridized carbons (Fsp3) is 0.615. The maximum Gasteiger partial charge on any atom is 0.250 e. The Bertz CT molecular complexity index is 631. The van der Waals surface area contributed by atoms with Gasteiger partial charge in [0, 0.05) is 17.6 Å². The number of carbonyl (C=O) groups is 1. The smallest absolute Gasteiger partial charge is 0.250 e. The van der Waals surface area contributed by atoms with E-state index in [-0.39, 0.29) is 5.91 Å². The van der Waals surface area contributed by atoms with Crippen LogP contribution in [0.3, 0.4) is 0 Å². The first-order chi connectivity index (χ1) is 15.1. The summed E-state index contributed by atoms with van der Waals surface area (Å²) in [7, 11) is 0. The van der Waals surface area contributed by atoms with E-state index >= 15 is 0 Å². The summed E-state index contributed by atoms with van der Waals surface area (Å²) < 4.78 is 0. The predicted molar refractivity (Wildman–Crippen MR) is 140 cm³/mol. The number of carbonyl (C=O) groups excluding carboxylic acids is 1. The Morgan fingerprint density at radius 2 is 1.32 bits per heavy atom. The molecular weight excluding hydrogens is 424 g/mol. The van der Waals surface area contributed by atoms with Crippen molar-refractivity contribution >= 4 is 40.9 Å². The highest BCUT2D eigenvalue weighted by Crippen LogP contribution is 2.13. The maximum absolute atomic E-state index is 11.9. The van der Waals surface area contributed by atoms with Gasteiger partial charge >= 0.3 is 0 Å². The molecule has 0 unspecified atom stereocenters. The molecule has 0 aromatic heterocycles. The van der Waals surface area contributed by atoms with Gasteiger partial charge in [-0.3, -0.25) is 10.1 Å². The van der Waals surface area contributed by atoms with Crippen molar-refractivity contribution in [3.63, 3.8) is 0 Å². The van der Waals surface area contributed by atoms with E-state index in [0.29, 0.717) is 10.1 Å². The second-order valence-corrected chi connectivity index (χ2v) is 9.07. The Balaban J connectivity index is 1.90. The molecule has 5 heteroatoms. The first-order valence-electron chi connectivity index (χ1n) is 12.1. The van der Waals surface area contributed by atoms with Crippen LogP contribution in [-0.2, 0) is 4.79 Å². The van der Waals surface area contributed by atoms with Crippen LogP contribution in [0.15, 0.2) is 30.3 Å². The molecule has 0 saturated heterocycles. The van der Waals surface area contributed by atoms with E-state index in [1.807, 2.05) is 12.1 Å². The van der Waals surface area contributed by atoms with E-state index in [4.69, 9.17) is 23.8 Å². The molecule has 2 N–H and O–H groups in total. The van der Waals surface area contributed by atoms with E-state index in [1.54, 1.807) is 18.2 Å². The highest BCUT2D eigenvalue weighted by Gasteiger charge is 2.00. The van der Waals surface area contributed by atoms with Gasteiger partial charge < -0.3 is 5.32 Å². The molecule has 1 aromatic carbocycles. The van der Waals surface area contributed by atoms with Crippen molar-refractivity contribution < 1.29 is 4.79 Å². The van der Waals surface area contributed by atoms with E-state index in [2.05, 4.69) is 17.6 Å². The summed E-state index contributed by atoms with van der Waals surface area (Å²) in [6, 6.07) is 7.31. The summed E-state index contributed by atoms with van der Waals surface area (Å²) >= 11 is 11.0. The number of rotatable bonds is 17. The molecule has 0 aliphatic rings. The van der Waals surface area contributed by atoms with Crippen LogP contribution in [-0.4, -0.2) is 17.6 Å². The lowest BCUT2D eigenvalue weighted by molar-refractivity contribution is -0.115. The largest absolute Gasteiger partial charge is 0.362 e. The number of nitrogens with one attached hydrogen (secondary N) is 2. The van der Waals surface area contributed by atoms with E-state index in [0.717, 1.165) is 18.5 Å². The Morgan fingerprint density at radius 3 is 1.84 bits per heavy atom. The number of thiocarbonyl (C=S) groups is 1. The van der Waals surface area contributed by atoms with Crippen molar-refractivity contribution in [2.24, 2.45) is 0 Å². The summed E-state index contributed by atoms with van der Waals surface area (Å²) in [4.78, 5) is 11.9. The van der Waals surface area contributed by atoms with Crippen LogP contribution in [0.2, 0.25) is 5.02 Å². The third-order valence-electron chi connectivity index (χ3n) is 5.35. The lowest BCUT2D eigenvalue weighted by atomic mass is 10.0. The normalized spacial score (nSPS) is 11.0. The van der Waals surface area contributed by atoms with Crippen molar-refractivity contribution in [2.75, 3.05) is 6.54 Å². The molecule has 0 bridgehead atoms. The molecular formula is C26H41ClN2OS. The summed E-state index contributed by atoms with van der Waals surface area (Å²) in [6.07, 6.45) is 22.1. The third-order valence-corrected chi connectivity index (χ3v) is 5.85. The molecule has 1 rings (SSSR count). The Labute approximate surface area is 200 Å². The highest BCUT2D eigenvalue weighted by molar-refractivity contribution is 7.80. The lowest BCUT2D eigenvalue weighted by Crippen LogP contribution is -2.38. The lowest BCUT2D eigenvalue weighted by Gasteiger charge is -2.08. The zero-order valence-corrected chi connectivity index (χ0v) is 20.8. The first kappa shape index (κ1) is 27.6. The minimum Gasteiger partial charge on any atom is -0.362 e. The fourth-order valence-electron chi connectivity index (χ4n) is 3.47. The van der Waals surface area contributed by atoms with Gasteiger partial charge in [0.2, 0.25) is 5.91 Å². The van der Waals surface area contributed by atoms with Crippen molar-refractivity contribution in [3.8, 4) is 0 Å². The molecule has 0 fully saturated rings. The van der Waals surface area contributed by atoms with Gasteiger partial charge in [-0.2, -0.15) is 0 Å². The molecule has 0 heterocycles. The predicted octanol–water partition coefficient (Wildman–Crippen LogP) is 7.83. The molecule has 1 aromatic rings. The monoisotopic (exact) mass is 464 g/mol. The molecule has 0 atom stereocenters. The Hall–Kier alpha value is -1.39. The summed E-state index contributed by atoms with van der Waals surface area (Å²) in [5.74, 6) is -0.228. The van der Waals surface area contributed by atoms with E-state index in [9.17, 15) is 4.79 Å². The van der Waals surface area contributed by atoms with Crippen LogP contribution < -0.4 is 10.6 Å². The van der Waals surface area contributed by atoms with Gasteiger partial charge in [0.25, 0.3) is 0 Å². The second-order valence-electron chi connectivity index (χ2n) is 8.23. The molecule has 3 nitrogen and oxygen atoms in total. The Kier molecular flexibility index (Phi) is 17.2. The van der Waals surface area contributed by atoms with Crippen LogP contribution in [0.25, 0.3) is 6.08 Å². The summed E-state index contributed by atoms with van der Waals surface area (Å²) in [5, 5.41) is 6.86. The van der Waals surface area contributed by atoms with Crippen LogP contribution in [0.5, 0.6) is 0 Å². The molecule has 1 amide bonds. The number of amides is 1. The van der Waals surface area contributed by atoms with Crippen LogP contribution in [0.4, 0.5) is 0 Å². The standard InChI is InChI=1S/C26H41ClN2OS/c1-2-3-4-5-6-7-8-9-10-11-12-13-14-15-22-28-26(31)29-25(30)21-18-23-16-19-24(27)20-17-23/h16-21H,2-15,22H2,1H3,(H2,28,29,30,31)/b21-18+. The average Bonchev–Trinajstić information content (AvgIpc) is 2.76. The van der Waals surface area contributed by atoms with Gasteiger partial charge in [0.05, 0.1) is 0 Å². The summed E-state index contributed by atoms with van der Waals surface area (Å²) in [6.45, 7) is 3.08. The van der Waals surface area contributed by atoms with Gasteiger partial charge in [-0.05, 0) is 42.4 Å². The van der Waals surface area contributed by atoms with E-state index in [1.165, 1.54) is 89.5 Å². The molecule has 0 aliphatic heterocycles. The molecule has 0 spiro atoms. The van der Waals surface area contributed by atoms with E-state index < -0.39 is 0 Å². The van der Waals surface area contributed by atoms with Crippen LogP contribution >= 0.6 is 23.8 Å². The molecule has 0 saturated carbocycles. The topological polar surface area (TPSA) is 41.1 Å². The fourth-order valence-corrected chi connectivity index (χ4v) is 3.79. The van der Waals surface area contributed by atoms with Gasteiger partial charge in [-0.15, -0.1) is 0 Å². The van der Waals surface area contributed by atoms with Gasteiger partial charge in [-0.1, -0.05) is 114 Å². The van der Waals surface area contributed by atoms with Crippen LogP contribution in [0, 0.1) is 0 Å². The number of hydrogen-bond acceptors (Lipinski definition) is 2. The number of benzene rings is 1. The maximum atomic E-state index is 11.9. The zero-order valence-electron chi connectivity index (χ0n) is 19.3. The highest BCUT2D eigenvalue weighted by atomic mass is 35.5. The SMILES string of the molecule is CCCCCCCCCCCCCCCCNC(=S)NC(=O)/C=C/c1ccc(Cl)cc1. The molecule has 0 radical (unpaired) electrons. The van der Waals surface area contributed by atoms with Gasteiger partial charge in [0.15, 0.2) is 5.11 Å². The second kappa shape index (κ2) is 19.3. The molecule has 0 aliphatic carbocycles. The zero-order chi connectivity index (χ0) is 22.6. The quantitative estimate of drug-likeness (QED) is 0.140. The Morgan fingerprint density at radius 1 is 0.839 bits per heavy atom. The van der Waals surface area contributed by atoms with Crippen molar-refractivity contribution in [1.82, 2.24) is 10.6 Å². The number of hydrogen-bond donors (Lipinski definition) is 2. The number of halogens is 1. The van der Waals surface area contributed by atoms with Gasteiger partial charge in [0.1, 0.15) is 0 Å². The minimum atomic E-state index is -0.228. The van der Waals surface area contributed by atoms with Crippen molar-refractivity contribution in [2.45, 2.75) is 96.8 Å². The first-order valence-corrected chi connectivity index (χ1v) is 12.9. The molecule has 31 heavy (non-hydrogen) atoms. The van der Waals surface area contributed by atoms with Crippen molar-refractivity contribution in [3.05, 3.63) is 40.9 Å². The van der Waals surface area contributed by atoms with Crippen LogP contribution in [0.1, 0.15) is 102 Å². The number of unbranched alkanes of at least 4 members (excludes halogenated alkanes) is 13.